The van der Waals surface area contributed by atoms with E-state index in [1.807, 2.05) is 20.8 Å². The molecule has 1 N–H and O–H groups in total. The van der Waals surface area contributed by atoms with Crippen molar-refractivity contribution < 1.29 is 14.3 Å². The molecule has 0 aromatic carbocycles. The van der Waals surface area contributed by atoms with Gasteiger partial charge >= 0.3 is 0 Å². The van der Waals surface area contributed by atoms with Gasteiger partial charge in [-0.25, -0.2) is 0 Å². The molecule has 0 bridgehead atoms. The highest BCUT2D eigenvalue weighted by molar-refractivity contribution is 5.72. The molecule has 4 nitrogen and oxygen atoms in total. The van der Waals surface area contributed by atoms with Crippen LogP contribution in [0.3, 0.4) is 0 Å². The average molecular weight is 245 g/mol. The van der Waals surface area contributed by atoms with Gasteiger partial charge in [0.15, 0.2) is 0 Å². The minimum absolute atomic E-state index is 0.0312. The van der Waals surface area contributed by atoms with Gasteiger partial charge in [0, 0.05) is 20.1 Å². The van der Waals surface area contributed by atoms with Crippen LogP contribution in [0, 0.1) is 0 Å². The van der Waals surface area contributed by atoms with E-state index in [2.05, 4.69) is 19.2 Å². The summed E-state index contributed by atoms with van der Waals surface area (Å²) in [7, 11) is 0. The third kappa shape index (κ3) is 9.12. The highest BCUT2D eigenvalue weighted by Gasteiger charge is 2.22. The second-order valence-electron chi connectivity index (χ2n) is 5.46. The molecule has 0 aromatic heterocycles. The van der Waals surface area contributed by atoms with Gasteiger partial charge in [0.1, 0.15) is 0 Å². The van der Waals surface area contributed by atoms with E-state index in [9.17, 15) is 4.79 Å². The molecule has 0 aromatic rings. The number of carbonyl (C=O) groups excluding carboxylic acids is 1. The normalized spacial score (nSPS) is 12.6. The summed E-state index contributed by atoms with van der Waals surface area (Å²) < 4.78 is 11.4. The maximum absolute atomic E-state index is 10.8. The van der Waals surface area contributed by atoms with Crippen LogP contribution in [0.25, 0.3) is 0 Å². The van der Waals surface area contributed by atoms with E-state index in [-0.39, 0.29) is 17.1 Å². The van der Waals surface area contributed by atoms with Crippen LogP contribution in [-0.2, 0) is 14.3 Å². The van der Waals surface area contributed by atoms with Crippen molar-refractivity contribution in [1.29, 1.82) is 0 Å². The van der Waals surface area contributed by atoms with Crippen LogP contribution < -0.4 is 5.32 Å². The van der Waals surface area contributed by atoms with E-state index in [0.717, 1.165) is 6.42 Å². The van der Waals surface area contributed by atoms with E-state index in [1.54, 1.807) is 0 Å². The zero-order valence-electron chi connectivity index (χ0n) is 12.1. The van der Waals surface area contributed by atoms with Gasteiger partial charge in [-0.3, -0.25) is 4.79 Å². The Bertz CT molecular complexity index is 237. The Kier molecular flexibility index (Phi) is 6.72. The van der Waals surface area contributed by atoms with E-state index < -0.39 is 0 Å². The van der Waals surface area contributed by atoms with Crippen molar-refractivity contribution in [3.8, 4) is 0 Å². The van der Waals surface area contributed by atoms with Crippen LogP contribution in [-0.4, -0.2) is 36.9 Å². The maximum Gasteiger partial charge on any atom is 0.216 e. The van der Waals surface area contributed by atoms with Crippen molar-refractivity contribution in [2.45, 2.75) is 59.2 Å². The molecule has 0 spiro atoms. The average Bonchev–Trinajstić information content (AvgIpc) is 2.14. The lowest BCUT2D eigenvalue weighted by Crippen LogP contribution is -2.40. The molecule has 0 unspecified atom stereocenters. The smallest absolute Gasteiger partial charge is 0.216 e. The van der Waals surface area contributed by atoms with Crippen LogP contribution in [0.4, 0.5) is 0 Å². The molecule has 0 fully saturated rings. The third-order valence-corrected chi connectivity index (χ3v) is 2.50. The molecule has 1 amide bonds. The predicted octanol–water partition coefficient (Wildman–Crippen LogP) is 2.12. The van der Waals surface area contributed by atoms with Crippen LogP contribution in [0.15, 0.2) is 0 Å². The minimum atomic E-state index is -0.339. The number of hydrogen-bond acceptors (Lipinski definition) is 3. The topological polar surface area (TPSA) is 47.6 Å². The quantitative estimate of drug-likeness (QED) is 0.712. The summed E-state index contributed by atoms with van der Waals surface area (Å²) >= 11 is 0. The Morgan fingerprint density at radius 3 is 2.18 bits per heavy atom. The van der Waals surface area contributed by atoms with E-state index in [4.69, 9.17) is 9.47 Å². The zero-order valence-corrected chi connectivity index (χ0v) is 12.1. The first kappa shape index (κ1) is 16.4. The van der Waals surface area contributed by atoms with Gasteiger partial charge in [-0.15, -0.1) is 0 Å². The van der Waals surface area contributed by atoms with Crippen LogP contribution >= 0.6 is 0 Å². The predicted molar refractivity (Wildman–Crippen MR) is 69.0 cm³/mol. The van der Waals surface area contributed by atoms with E-state index >= 15 is 0 Å². The molecule has 4 heteroatoms. The van der Waals surface area contributed by atoms with Gasteiger partial charge in [-0.1, -0.05) is 0 Å². The summed E-state index contributed by atoms with van der Waals surface area (Å²) in [6, 6.07) is 0. The first-order chi connectivity index (χ1) is 7.68. The van der Waals surface area contributed by atoms with Crippen molar-refractivity contribution >= 4 is 5.91 Å². The molecule has 0 atom stereocenters. The van der Waals surface area contributed by atoms with Gasteiger partial charge < -0.3 is 14.8 Å². The number of rotatable bonds is 8. The fourth-order valence-electron chi connectivity index (χ4n) is 1.42. The van der Waals surface area contributed by atoms with Gasteiger partial charge in [0.05, 0.1) is 17.8 Å². The largest absolute Gasteiger partial charge is 0.376 e. The van der Waals surface area contributed by atoms with Gasteiger partial charge in [0.2, 0.25) is 5.91 Å². The highest BCUT2D eigenvalue weighted by atomic mass is 16.5. The molecule has 17 heavy (non-hydrogen) atoms. The number of amides is 1. The Balaban J connectivity index is 3.89. The fraction of sp³-hybridized carbons (Fsp3) is 0.923. The number of nitrogens with one attached hydrogen (secondary N) is 1. The van der Waals surface area contributed by atoms with Gasteiger partial charge in [-0.05, 0) is 41.0 Å². The Hall–Kier alpha value is -0.610. The Morgan fingerprint density at radius 2 is 1.71 bits per heavy atom. The molecule has 0 radical (unpaired) electrons. The van der Waals surface area contributed by atoms with Gasteiger partial charge in [0.25, 0.3) is 0 Å². The van der Waals surface area contributed by atoms with E-state index in [0.29, 0.717) is 19.8 Å². The van der Waals surface area contributed by atoms with Crippen LogP contribution in [0.1, 0.15) is 48.0 Å². The van der Waals surface area contributed by atoms with E-state index in [1.165, 1.54) is 6.92 Å². The van der Waals surface area contributed by atoms with Crippen molar-refractivity contribution in [2.75, 3.05) is 19.8 Å². The van der Waals surface area contributed by atoms with Crippen LogP contribution in [0.2, 0.25) is 0 Å². The summed E-state index contributed by atoms with van der Waals surface area (Å²) in [4.78, 5) is 10.8. The molecule has 0 saturated carbocycles. The van der Waals surface area contributed by atoms with Crippen LogP contribution in [0.5, 0.6) is 0 Å². The number of hydrogen-bond donors (Lipinski definition) is 1. The molecule has 0 aliphatic carbocycles. The maximum atomic E-state index is 10.8. The summed E-state index contributed by atoms with van der Waals surface area (Å²) in [6.45, 7) is 13.4. The lowest BCUT2D eigenvalue weighted by Gasteiger charge is -2.29. The summed E-state index contributed by atoms with van der Waals surface area (Å²) in [5.41, 5.74) is -0.493. The summed E-state index contributed by atoms with van der Waals surface area (Å²) in [5, 5.41) is 2.76. The first-order valence-corrected chi connectivity index (χ1v) is 6.21. The van der Waals surface area contributed by atoms with Gasteiger partial charge in [-0.2, -0.15) is 0 Å². The molecule has 102 valence electrons. The minimum Gasteiger partial charge on any atom is -0.376 e. The van der Waals surface area contributed by atoms with Crippen molar-refractivity contribution in [1.82, 2.24) is 5.32 Å². The Labute approximate surface area is 105 Å². The fourth-order valence-corrected chi connectivity index (χ4v) is 1.42. The zero-order chi connectivity index (χ0) is 13.5. The standard InChI is InChI=1S/C13H27NO3/c1-7-16-12(3,4)8-9-17-13(5,6)10-14-11(2)15/h7-10H2,1-6H3,(H,14,15). The molecule has 0 aliphatic rings. The second-order valence-corrected chi connectivity index (χ2v) is 5.46. The first-order valence-electron chi connectivity index (χ1n) is 6.21. The molecular formula is C13H27NO3. The monoisotopic (exact) mass is 245 g/mol. The lowest BCUT2D eigenvalue weighted by molar-refractivity contribution is -0.121. The third-order valence-electron chi connectivity index (χ3n) is 2.50. The van der Waals surface area contributed by atoms with Crippen molar-refractivity contribution in [2.24, 2.45) is 0 Å². The van der Waals surface area contributed by atoms with Crippen molar-refractivity contribution in [3.63, 3.8) is 0 Å². The second kappa shape index (κ2) is 6.97. The molecule has 0 aliphatic heterocycles. The molecular weight excluding hydrogens is 218 g/mol. The highest BCUT2D eigenvalue weighted by Crippen LogP contribution is 2.16. The summed E-state index contributed by atoms with van der Waals surface area (Å²) in [5.74, 6) is -0.0312. The lowest BCUT2D eigenvalue weighted by atomic mass is 10.1. The number of carbonyl (C=O) groups is 1. The molecule has 0 heterocycles. The SMILES string of the molecule is CCOC(C)(C)CCOC(C)(C)CNC(C)=O. The molecule has 0 saturated heterocycles. The summed E-state index contributed by atoms with van der Waals surface area (Å²) in [6.07, 6.45) is 0.838. The van der Waals surface area contributed by atoms with Crippen molar-refractivity contribution in [3.05, 3.63) is 0 Å². The number of ether oxygens (including phenoxy) is 2. The molecule has 0 rings (SSSR count). The Morgan fingerprint density at radius 1 is 1.12 bits per heavy atom.